The normalized spacial score (nSPS) is 28.6. The molecule has 0 bridgehead atoms. The van der Waals surface area contributed by atoms with E-state index in [1.165, 1.54) is 36.8 Å². The first-order valence-electron chi connectivity index (χ1n) is 11.8. The predicted octanol–water partition coefficient (Wildman–Crippen LogP) is 4.90. The van der Waals surface area contributed by atoms with Crippen LogP contribution in [0.2, 0.25) is 0 Å². The maximum Gasteiger partial charge on any atom is 0.190 e. The number of unbranched alkanes of at least 4 members (excludes halogenated alkanes) is 2. The quantitative estimate of drug-likeness (QED) is 0.551. The van der Waals surface area contributed by atoms with Gasteiger partial charge < -0.3 is 24.1 Å². The molecule has 2 aliphatic heterocycles. The molecule has 0 spiro atoms. The largest absolute Gasteiger partial charge is 0.390 e. The van der Waals surface area contributed by atoms with Crippen LogP contribution in [-0.2, 0) is 38.4 Å². The number of fused-ring (bicyclic) bond motifs is 1. The second-order valence-corrected chi connectivity index (χ2v) is 9.13. The van der Waals surface area contributed by atoms with Gasteiger partial charge >= 0.3 is 0 Å². The molecule has 0 aliphatic carbocycles. The maximum absolute atomic E-state index is 10.5. The lowest BCUT2D eigenvalue weighted by molar-refractivity contribution is -0.230. The molecule has 2 heterocycles. The van der Waals surface area contributed by atoms with E-state index in [0.717, 1.165) is 18.4 Å². The lowest BCUT2D eigenvalue weighted by Gasteiger charge is -2.28. The summed E-state index contributed by atoms with van der Waals surface area (Å²) in [5, 5.41) is 10.5. The van der Waals surface area contributed by atoms with Crippen LogP contribution in [0, 0.1) is 0 Å². The third kappa shape index (κ3) is 5.63. The van der Waals surface area contributed by atoms with Crippen LogP contribution in [0.15, 0.2) is 18.2 Å². The molecule has 30 heavy (non-hydrogen) atoms. The zero-order valence-corrected chi connectivity index (χ0v) is 19.4. The molecule has 0 radical (unpaired) electrons. The van der Waals surface area contributed by atoms with Crippen molar-refractivity contribution in [3.63, 3.8) is 0 Å². The molecule has 5 nitrogen and oxygen atoms in total. The molecule has 2 saturated heterocycles. The van der Waals surface area contributed by atoms with Crippen molar-refractivity contribution in [3.05, 3.63) is 34.9 Å². The zero-order chi connectivity index (χ0) is 21.7. The fourth-order valence-corrected chi connectivity index (χ4v) is 4.41. The third-order valence-electron chi connectivity index (χ3n) is 6.14. The molecular weight excluding hydrogens is 380 g/mol. The Morgan fingerprint density at radius 1 is 1.03 bits per heavy atom. The van der Waals surface area contributed by atoms with Gasteiger partial charge in [0.25, 0.3) is 0 Å². The van der Waals surface area contributed by atoms with Gasteiger partial charge in [-0.2, -0.15) is 0 Å². The van der Waals surface area contributed by atoms with Crippen LogP contribution in [0.3, 0.4) is 0 Å². The first-order valence-corrected chi connectivity index (χ1v) is 11.8. The summed E-state index contributed by atoms with van der Waals surface area (Å²) in [6.07, 6.45) is 5.47. The van der Waals surface area contributed by atoms with Crippen molar-refractivity contribution in [2.75, 3.05) is 0 Å². The number of aliphatic hydroxyl groups is 1. The first-order chi connectivity index (χ1) is 14.4. The maximum atomic E-state index is 10.5. The average Bonchev–Trinajstić information content (AvgIpc) is 3.20. The predicted molar refractivity (Wildman–Crippen MR) is 117 cm³/mol. The topological polar surface area (TPSA) is 57.2 Å². The molecule has 0 amide bonds. The highest BCUT2D eigenvalue weighted by atomic mass is 16.8. The van der Waals surface area contributed by atoms with Crippen LogP contribution >= 0.6 is 0 Å². The summed E-state index contributed by atoms with van der Waals surface area (Å²) in [7, 11) is 0. The molecular formula is C25H40O5. The molecule has 1 aromatic rings. The Hall–Kier alpha value is -0.980. The zero-order valence-electron chi connectivity index (χ0n) is 19.4. The van der Waals surface area contributed by atoms with Crippen LogP contribution in [0.1, 0.15) is 83.4 Å². The van der Waals surface area contributed by atoms with Crippen LogP contribution in [0.25, 0.3) is 0 Å². The van der Waals surface area contributed by atoms with Crippen LogP contribution in [-0.4, -0.2) is 41.6 Å². The number of aliphatic hydroxyl groups excluding tert-OH is 1. The fourth-order valence-electron chi connectivity index (χ4n) is 4.41. The van der Waals surface area contributed by atoms with Gasteiger partial charge in [0.05, 0.1) is 12.7 Å². The Kier molecular flexibility index (Phi) is 8.33. The van der Waals surface area contributed by atoms with E-state index in [0.29, 0.717) is 13.0 Å². The van der Waals surface area contributed by atoms with Crippen molar-refractivity contribution in [2.24, 2.45) is 0 Å². The molecule has 2 aliphatic rings. The number of ether oxygens (including phenoxy) is 4. The van der Waals surface area contributed by atoms with Gasteiger partial charge in [-0.1, -0.05) is 51.8 Å². The smallest absolute Gasteiger partial charge is 0.190 e. The Balaban J connectivity index is 1.71. The Morgan fingerprint density at radius 2 is 1.73 bits per heavy atom. The number of hydrogen-bond donors (Lipinski definition) is 1. The summed E-state index contributed by atoms with van der Waals surface area (Å²) in [5.41, 5.74) is 4.07. The number of benzene rings is 1. The Labute approximate surface area is 182 Å². The van der Waals surface area contributed by atoms with Gasteiger partial charge in [0.2, 0.25) is 0 Å². The molecule has 5 atom stereocenters. The summed E-state index contributed by atoms with van der Waals surface area (Å²) in [4.78, 5) is 0. The van der Waals surface area contributed by atoms with Crippen molar-refractivity contribution in [2.45, 2.75) is 123 Å². The van der Waals surface area contributed by atoms with Gasteiger partial charge in [-0.05, 0) is 62.6 Å². The van der Waals surface area contributed by atoms with Crippen molar-refractivity contribution in [1.82, 2.24) is 0 Å². The van der Waals surface area contributed by atoms with Crippen LogP contribution < -0.4 is 0 Å². The minimum absolute atomic E-state index is 0.324. The molecule has 2 fully saturated rings. The van der Waals surface area contributed by atoms with Crippen LogP contribution in [0.5, 0.6) is 0 Å². The van der Waals surface area contributed by atoms with Crippen molar-refractivity contribution >= 4 is 0 Å². The number of hydrogen-bond acceptors (Lipinski definition) is 5. The summed E-state index contributed by atoms with van der Waals surface area (Å²) in [5.74, 6) is -0.701. The molecule has 3 rings (SSSR count). The molecule has 1 aromatic carbocycles. The van der Waals surface area contributed by atoms with Crippen molar-refractivity contribution in [3.8, 4) is 0 Å². The van der Waals surface area contributed by atoms with E-state index in [9.17, 15) is 5.11 Å². The number of aryl methyl sites for hydroxylation is 2. The molecule has 0 unspecified atom stereocenters. The van der Waals surface area contributed by atoms with Gasteiger partial charge in [-0.25, -0.2) is 0 Å². The highest BCUT2D eigenvalue weighted by Crippen LogP contribution is 2.40. The highest BCUT2D eigenvalue weighted by Gasteiger charge is 2.56. The van der Waals surface area contributed by atoms with E-state index in [1.807, 2.05) is 20.8 Å². The molecule has 170 valence electrons. The Bertz CT molecular complexity index is 674. The van der Waals surface area contributed by atoms with Crippen molar-refractivity contribution < 1.29 is 24.1 Å². The lowest BCUT2D eigenvalue weighted by atomic mass is 9.96. The van der Waals surface area contributed by atoms with Gasteiger partial charge in [-0.3, -0.25) is 0 Å². The standard InChI is InChI=1S/C25H40O5/c1-6-9-11-18-14-13-17(15-19(18)12-10-7-2)16-27-22-21(20(26)8-3)28-24-23(22)29-25(4,5)30-24/h13-15,20-24,26H,6-12,16H2,1-5H3/t20-,21-,22+,23-,24-/m1/s1. The monoisotopic (exact) mass is 420 g/mol. The summed E-state index contributed by atoms with van der Waals surface area (Å²) in [6, 6.07) is 6.74. The summed E-state index contributed by atoms with van der Waals surface area (Å²) >= 11 is 0. The first kappa shape index (κ1) is 23.7. The molecule has 5 heteroatoms. The van der Waals surface area contributed by atoms with E-state index < -0.39 is 24.3 Å². The van der Waals surface area contributed by atoms with E-state index in [4.69, 9.17) is 18.9 Å². The van der Waals surface area contributed by atoms with Crippen molar-refractivity contribution in [1.29, 1.82) is 0 Å². The fraction of sp³-hybridized carbons (Fsp3) is 0.760. The summed E-state index contributed by atoms with van der Waals surface area (Å²) < 4.78 is 24.2. The van der Waals surface area contributed by atoms with E-state index in [1.54, 1.807) is 0 Å². The minimum atomic E-state index is -0.701. The van der Waals surface area contributed by atoms with Gasteiger partial charge in [0.1, 0.15) is 18.3 Å². The third-order valence-corrected chi connectivity index (χ3v) is 6.14. The summed E-state index contributed by atoms with van der Waals surface area (Å²) in [6.45, 7) is 10.7. The SMILES string of the molecule is CCCCc1ccc(CO[C@@H]2[C@H]3OC(C)(C)O[C@H]3O[C@@H]2[C@H](O)CC)cc1CCCC. The second-order valence-electron chi connectivity index (χ2n) is 9.13. The molecule has 0 aromatic heterocycles. The minimum Gasteiger partial charge on any atom is -0.390 e. The van der Waals surface area contributed by atoms with E-state index >= 15 is 0 Å². The number of rotatable bonds is 11. The van der Waals surface area contributed by atoms with E-state index in [2.05, 4.69) is 32.0 Å². The second kappa shape index (κ2) is 10.6. The lowest BCUT2D eigenvalue weighted by Crippen LogP contribution is -2.42. The highest BCUT2D eigenvalue weighted by molar-refractivity contribution is 5.32. The molecule has 1 N–H and O–H groups in total. The van der Waals surface area contributed by atoms with Crippen LogP contribution in [0.4, 0.5) is 0 Å². The molecule has 0 saturated carbocycles. The van der Waals surface area contributed by atoms with Gasteiger partial charge in [0.15, 0.2) is 12.1 Å². The Morgan fingerprint density at radius 3 is 2.40 bits per heavy atom. The van der Waals surface area contributed by atoms with E-state index in [-0.39, 0.29) is 12.2 Å². The average molecular weight is 421 g/mol. The van der Waals surface area contributed by atoms with Gasteiger partial charge in [-0.15, -0.1) is 0 Å². The van der Waals surface area contributed by atoms with Gasteiger partial charge in [0, 0.05) is 0 Å².